The van der Waals surface area contributed by atoms with E-state index in [4.69, 9.17) is 0 Å². The van der Waals surface area contributed by atoms with Crippen LogP contribution in [0.2, 0.25) is 0 Å². The van der Waals surface area contributed by atoms with Gasteiger partial charge in [-0.15, -0.1) is 0 Å². The minimum atomic E-state index is 0.555. The van der Waals surface area contributed by atoms with Gasteiger partial charge >= 0.3 is 0 Å². The first-order chi connectivity index (χ1) is 6.90. The van der Waals surface area contributed by atoms with Crippen molar-refractivity contribution in [2.75, 3.05) is 11.5 Å². The van der Waals surface area contributed by atoms with Crippen molar-refractivity contribution >= 4 is 11.8 Å². The standard InChI is InChI=1S/C12H17NS/c1-2-11-8-14-9-12(13-11)10-6-4-3-5-7-10/h3-7,11-13H,2,8-9H2,1H3. The normalized spacial score (nSPS) is 27.5. The summed E-state index contributed by atoms with van der Waals surface area (Å²) in [5.41, 5.74) is 1.43. The summed E-state index contributed by atoms with van der Waals surface area (Å²) >= 11 is 2.07. The summed E-state index contributed by atoms with van der Waals surface area (Å²) < 4.78 is 0. The van der Waals surface area contributed by atoms with E-state index in [-0.39, 0.29) is 0 Å². The van der Waals surface area contributed by atoms with Gasteiger partial charge in [0.2, 0.25) is 0 Å². The van der Waals surface area contributed by atoms with Gasteiger partial charge in [0.05, 0.1) is 0 Å². The minimum Gasteiger partial charge on any atom is -0.306 e. The van der Waals surface area contributed by atoms with E-state index in [1.807, 2.05) is 0 Å². The van der Waals surface area contributed by atoms with Gasteiger partial charge in [0.25, 0.3) is 0 Å². The van der Waals surface area contributed by atoms with Crippen molar-refractivity contribution in [2.45, 2.75) is 25.4 Å². The van der Waals surface area contributed by atoms with Crippen LogP contribution in [-0.4, -0.2) is 17.5 Å². The van der Waals surface area contributed by atoms with Gasteiger partial charge in [-0.25, -0.2) is 0 Å². The van der Waals surface area contributed by atoms with Crippen LogP contribution in [0.5, 0.6) is 0 Å². The minimum absolute atomic E-state index is 0.555. The molecule has 1 aliphatic heterocycles. The quantitative estimate of drug-likeness (QED) is 0.800. The Kier molecular flexibility index (Phi) is 3.49. The van der Waals surface area contributed by atoms with Crippen molar-refractivity contribution < 1.29 is 0 Å². The second kappa shape index (κ2) is 4.85. The summed E-state index contributed by atoms with van der Waals surface area (Å²) in [6, 6.07) is 12.0. The Morgan fingerprint density at radius 2 is 2.07 bits per heavy atom. The molecule has 0 saturated carbocycles. The molecule has 0 aliphatic carbocycles. The molecule has 2 rings (SSSR count). The lowest BCUT2D eigenvalue weighted by molar-refractivity contribution is 0.466. The molecule has 0 bridgehead atoms. The van der Waals surface area contributed by atoms with Crippen LogP contribution in [0.1, 0.15) is 24.9 Å². The topological polar surface area (TPSA) is 12.0 Å². The predicted molar refractivity (Wildman–Crippen MR) is 63.7 cm³/mol. The smallest absolute Gasteiger partial charge is 0.0414 e. The van der Waals surface area contributed by atoms with Crippen molar-refractivity contribution in [3.05, 3.63) is 35.9 Å². The third-order valence-corrected chi connectivity index (χ3v) is 3.94. The van der Waals surface area contributed by atoms with Gasteiger partial charge in [0.1, 0.15) is 0 Å². The molecule has 14 heavy (non-hydrogen) atoms. The Hall–Kier alpha value is -0.470. The molecule has 2 heteroatoms. The first-order valence-corrected chi connectivity index (χ1v) is 6.44. The Morgan fingerprint density at radius 3 is 2.79 bits per heavy atom. The van der Waals surface area contributed by atoms with Crippen LogP contribution < -0.4 is 5.32 Å². The van der Waals surface area contributed by atoms with Gasteiger partial charge < -0.3 is 5.32 Å². The predicted octanol–water partition coefficient (Wildman–Crippen LogP) is 2.84. The molecule has 0 aromatic heterocycles. The van der Waals surface area contributed by atoms with Gasteiger partial charge in [-0.05, 0) is 12.0 Å². The van der Waals surface area contributed by atoms with E-state index in [0.29, 0.717) is 12.1 Å². The van der Waals surface area contributed by atoms with Crippen molar-refractivity contribution in [3.8, 4) is 0 Å². The highest BCUT2D eigenvalue weighted by atomic mass is 32.2. The largest absolute Gasteiger partial charge is 0.306 e. The van der Waals surface area contributed by atoms with Gasteiger partial charge in [-0.2, -0.15) is 11.8 Å². The van der Waals surface area contributed by atoms with Crippen LogP contribution in [0, 0.1) is 0 Å². The summed E-state index contributed by atoms with van der Waals surface area (Å²) in [6.45, 7) is 2.26. The number of rotatable bonds is 2. The summed E-state index contributed by atoms with van der Waals surface area (Å²) in [5.74, 6) is 2.47. The van der Waals surface area contributed by atoms with Gasteiger partial charge in [-0.1, -0.05) is 37.3 Å². The SMILES string of the molecule is CCC1CSCC(c2ccccc2)N1. The van der Waals surface area contributed by atoms with Crippen LogP contribution in [0.25, 0.3) is 0 Å². The molecule has 0 amide bonds. The van der Waals surface area contributed by atoms with Crippen LogP contribution in [0.15, 0.2) is 30.3 Å². The molecule has 1 aromatic carbocycles. The van der Waals surface area contributed by atoms with Crippen molar-refractivity contribution in [1.29, 1.82) is 0 Å². The molecular formula is C12H17NS. The lowest BCUT2D eigenvalue weighted by atomic mass is 10.1. The molecule has 1 heterocycles. The Labute approximate surface area is 90.3 Å². The Morgan fingerprint density at radius 1 is 1.29 bits per heavy atom. The van der Waals surface area contributed by atoms with E-state index >= 15 is 0 Å². The average molecular weight is 207 g/mol. The maximum atomic E-state index is 3.70. The summed E-state index contributed by atoms with van der Waals surface area (Å²) in [5, 5.41) is 3.70. The van der Waals surface area contributed by atoms with E-state index in [2.05, 4.69) is 54.3 Å². The van der Waals surface area contributed by atoms with Crippen LogP contribution in [0.4, 0.5) is 0 Å². The zero-order valence-electron chi connectivity index (χ0n) is 8.57. The lowest BCUT2D eigenvalue weighted by Crippen LogP contribution is -2.39. The number of hydrogen-bond acceptors (Lipinski definition) is 2. The van der Waals surface area contributed by atoms with E-state index in [1.54, 1.807) is 0 Å². The number of thioether (sulfide) groups is 1. The van der Waals surface area contributed by atoms with Crippen LogP contribution in [0.3, 0.4) is 0 Å². The zero-order valence-corrected chi connectivity index (χ0v) is 9.39. The first-order valence-electron chi connectivity index (χ1n) is 5.29. The van der Waals surface area contributed by atoms with E-state index in [1.165, 1.54) is 23.5 Å². The highest BCUT2D eigenvalue weighted by Gasteiger charge is 2.20. The molecular weight excluding hydrogens is 190 g/mol. The molecule has 0 spiro atoms. The molecule has 2 unspecified atom stereocenters. The average Bonchev–Trinajstić information content (AvgIpc) is 2.30. The van der Waals surface area contributed by atoms with Gasteiger partial charge in [0, 0.05) is 23.6 Å². The first kappa shape index (κ1) is 10.1. The highest BCUT2D eigenvalue weighted by molar-refractivity contribution is 7.99. The Balaban J connectivity index is 2.04. The molecule has 1 N–H and O–H groups in total. The molecule has 1 nitrogen and oxygen atoms in total. The number of benzene rings is 1. The second-order valence-corrected chi connectivity index (χ2v) is 4.85. The van der Waals surface area contributed by atoms with Gasteiger partial charge in [-0.3, -0.25) is 0 Å². The molecule has 1 aromatic rings. The van der Waals surface area contributed by atoms with E-state index in [0.717, 1.165) is 0 Å². The Bertz CT molecular complexity index is 273. The van der Waals surface area contributed by atoms with E-state index < -0.39 is 0 Å². The molecule has 0 radical (unpaired) electrons. The van der Waals surface area contributed by atoms with Crippen LogP contribution >= 0.6 is 11.8 Å². The fourth-order valence-corrected chi connectivity index (χ4v) is 3.10. The van der Waals surface area contributed by atoms with Crippen molar-refractivity contribution in [1.82, 2.24) is 5.32 Å². The van der Waals surface area contributed by atoms with E-state index in [9.17, 15) is 0 Å². The molecule has 1 fully saturated rings. The number of hydrogen-bond donors (Lipinski definition) is 1. The summed E-state index contributed by atoms with van der Waals surface area (Å²) in [6.07, 6.45) is 1.23. The van der Waals surface area contributed by atoms with Crippen molar-refractivity contribution in [3.63, 3.8) is 0 Å². The molecule has 1 aliphatic rings. The monoisotopic (exact) mass is 207 g/mol. The molecule has 1 saturated heterocycles. The lowest BCUT2D eigenvalue weighted by Gasteiger charge is -2.30. The van der Waals surface area contributed by atoms with Crippen LogP contribution in [-0.2, 0) is 0 Å². The third kappa shape index (κ3) is 2.31. The summed E-state index contributed by atoms with van der Waals surface area (Å²) in [4.78, 5) is 0. The summed E-state index contributed by atoms with van der Waals surface area (Å²) in [7, 11) is 0. The zero-order chi connectivity index (χ0) is 9.80. The van der Waals surface area contributed by atoms with Crippen molar-refractivity contribution in [2.24, 2.45) is 0 Å². The molecule has 2 atom stereocenters. The second-order valence-electron chi connectivity index (χ2n) is 3.77. The maximum Gasteiger partial charge on any atom is 0.0414 e. The fraction of sp³-hybridized carbons (Fsp3) is 0.500. The maximum absolute atomic E-state index is 3.70. The number of nitrogens with one attached hydrogen (secondary N) is 1. The molecule has 76 valence electrons. The fourth-order valence-electron chi connectivity index (χ4n) is 1.82. The highest BCUT2D eigenvalue weighted by Crippen LogP contribution is 2.24. The third-order valence-electron chi connectivity index (χ3n) is 2.74. The van der Waals surface area contributed by atoms with Gasteiger partial charge in [0.15, 0.2) is 0 Å².